The number of hydrogen-bond acceptors (Lipinski definition) is 4. The summed E-state index contributed by atoms with van der Waals surface area (Å²) in [6.07, 6.45) is 0.832. The van der Waals surface area contributed by atoms with Crippen molar-refractivity contribution >= 4 is 22.7 Å². The molecule has 3 aromatic carbocycles. The molecule has 0 aliphatic carbocycles. The van der Waals surface area contributed by atoms with Crippen LogP contribution in [0.1, 0.15) is 28.4 Å². The molecule has 0 saturated carbocycles. The smallest absolute Gasteiger partial charge is 0.261 e. The van der Waals surface area contributed by atoms with Crippen molar-refractivity contribution in [2.45, 2.75) is 20.3 Å². The zero-order chi connectivity index (χ0) is 23.9. The Labute approximate surface area is 186 Å². The fraction of sp³-hybridized carbons (Fsp3) is 0.167. The van der Waals surface area contributed by atoms with Crippen LogP contribution in [0, 0.1) is 30.2 Å². The maximum atomic E-state index is 14.3. The number of fused-ring (bicyclic) bond motifs is 1. The standard InChI is InChI=1S/C24H18F4N2O3/c1-4-12-6-8-16-15(9-12)30-24(33-16)13-7-5-11(2)14(10-13)29-23(31)17-18(25)20(27)22(32-3)21(28)19(17)26/h5-10H,4H2,1-3H3,(H,29,31). The van der Waals surface area contributed by atoms with Crippen LogP contribution in [0.25, 0.3) is 22.6 Å². The minimum absolute atomic E-state index is 0.157. The molecule has 4 rings (SSSR count). The van der Waals surface area contributed by atoms with Gasteiger partial charge in [-0.05, 0) is 48.7 Å². The van der Waals surface area contributed by atoms with E-state index in [-0.39, 0.29) is 11.6 Å². The Kier molecular flexibility index (Phi) is 5.80. The van der Waals surface area contributed by atoms with E-state index in [0.29, 0.717) is 22.2 Å². The van der Waals surface area contributed by atoms with Gasteiger partial charge < -0.3 is 14.5 Å². The summed E-state index contributed by atoms with van der Waals surface area (Å²) in [5.41, 5.74) is 2.09. The number of nitrogens with zero attached hydrogens (tertiary/aromatic N) is 1. The van der Waals surface area contributed by atoms with Gasteiger partial charge in [0.2, 0.25) is 17.5 Å². The molecule has 1 amide bonds. The van der Waals surface area contributed by atoms with E-state index in [1.54, 1.807) is 25.1 Å². The molecule has 1 N–H and O–H groups in total. The number of halogens is 4. The predicted molar refractivity (Wildman–Crippen MR) is 114 cm³/mol. The maximum Gasteiger partial charge on any atom is 0.261 e. The average molecular weight is 458 g/mol. The molecule has 0 unspecified atom stereocenters. The third-order valence-electron chi connectivity index (χ3n) is 5.25. The number of amides is 1. The molecule has 33 heavy (non-hydrogen) atoms. The van der Waals surface area contributed by atoms with Gasteiger partial charge in [-0.3, -0.25) is 4.79 Å². The number of benzene rings is 3. The molecule has 0 aliphatic rings. The highest BCUT2D eigenvalue weighted by molar-refractivity contribution is 6.05. The third-order valence-corrected chi connectivity index (χ3v) is 5.25. The minimum Gasteiger partial charge on any atom is -0.491 e. The first-order valence-electron chi connectivity index (χ1n) is 9.96. The van der Waals surface area contributed by atoms with E-state index in [0.717, 1.165) is 19.1 Å². The summed E-state index contributed by atoms with van der Waals surface area (Å²) < 4.78 is 66.8. The molecule has 0 fully saturated rings. The maximum absolute atomic E-state index is 14.3. The van der Waals surface area contributed by atoms with Gasteiger partial charge in [-0.1, -0.05) is 19.1 Å². The van der Waals surface area contributed by atoms with E-state index < -0.39 is 40.5 Å². The number of nitrogens with one attached hydrogen (secondary N) is 1. The van der Waals surface area contributed by atoms with Crippen LogP contribution in [0.3, 0.4) is 0 Å². The Bertz CT molecular complexity index is 1370. The second-order valence-electron chi connectivity index (χ2n) is 7.32. The van der Waals surface area contributed by atoms with Gasteiger partial charge in [0.1, 0.15) is 11.1 Å². The van der Waals surface area contributed by atoms with Crippen LogP contribution in [-0.2, 0) is 6.42 Å². The molecule has 4 aromatic rings. The largest absolute Gasteiger partial charge is 0.491 e. The van der Waals surface area contributed by atoms with Gasteiger partial charge in [0, 0.05) is 11.3 Å². The van der Waals surface area contributed by atoms with Gasteiger partial charge in [-0.2, -0.15) is 8.78 Å². The van der Waals surface area contributed by atoms with Crippen molar-refractivity contribution in [2.75, 3.05) is 12.4 Å². The van der Waals surface area contributed by atoms with Gasteiger partial charge in [0.25, 0.3) is 5.91 Å². The Morgan fingerprint density at radius 3 is 2.36 bits per heavy atom. The van der Waals surface area contributed by atoms with E-state index in [1.165, 1.54) is 6.07 Å². The number of oxazole rings is 1. The summed E-state index contributed by atoms with van der Waals surface area (Å²) in [6.45, 7) is 3.66. The first-order valence-corrected chi connectivity index (χ1v) is 9.96. The number of carbonyl (C=O) groups is 1. The Morgan fingerprint density at radius 1 is 1.03 bits per heavy atom. The lowest BCUT2D eigenvalue weighted by Gasteiger charge is -2.13. The quantitative estimate of drug-likeness (QED) is 0.286. The molecule has 5 nitrogen and oxygen atoms in total. The normalized spacial score (nSPS) is 11.1. The fourth-order valence-electron chi connectivity index (χ4n) is 3.38. The number of aryl methyl sites for hydroxylation is 2. The first-order chi connectivity index (χ1) is 15.7. The van der Waals surface area contributed by atoms with Crippen molar-refractivity contribution in [3.8, 4) is 17.2 Å². The molecule has 0 aliphatic heterocycles. The number of anilines is 1. The van der Waals surface area contributed by atoms with Crippen LogP contribution in [0.4, 0.5) is 23.2 Å². The van der Waals surface area contributed by atoms with Gasteiger partial charge in [0.05, 0.1) is 7.11 Å². The van der Waals surface area contributed by atoms with Gasteiger partial charge in [0.15, 0.2) is 23.0 Å². The lowest BCUT2D eigenvalue weighted by Crippen LogP contribution is -2.19. The number of aromatic nitrogens is 1. The number of carbonyl (C=O) groups excluding carboxylic acids is 1. The van der Waals surface area contributed by atoms with Crippen molar-refractivity contribution < 1.29 is 31.5 Å². The summed E-state index contributed by atoms with van der Waals surface area (Å²) >= 11 is 0. The van der Waals surface area contributed by atoms with Gasteiger partial charge in [-0.25, -0.2) is 13.8 Å². The minimum atomic E-state index is -1.86. The van der Waals surface area contributed by atoms with Crippen LogP contribution in [0.2, 0.25) is 0 Å². The average Bonchev–Trinajstić information content (AvgIpc) is 3.23. The zero-order valence-corrected chi connectivity index (χ0v) is 17.9. The summed E-state index contributed by atoms with van der Waals surface area (Å²) in [6, 6.07) is 10.5. The van der Waals surface area contributed by atoms with Crippen LogP contribution in [0.5, 0.6) is 5.75 Å². The molecule has 170 valence electrons. The third kappa shape index (κ3) is 3.90. The van der Waals surface area contributed by atoms with E-state index in [2.05, 4.69) is 15.0 Å². The van der Waals surface area contributed by atoms with Crippen molar-refractivity contribution in [2.24, 2.45) is 0 Å². The predicted octanol–water partition coefficient (Wildman–Crippen LogP) is 6.18. The Hall–Kier alpha value is -3.88. The van der Waals surface area contributed by atoms with Crippen LogP contribution in [0.15, 0.2) is 40.8 Å². The molecule has 9 heteroatoms. The number of ether oxygens (including phenoxy) is 1. The molecular formula is C24H18F4N2O3. The number of methoxy groups -OCH3 is 1. The first kappa shape index (κ1) is 22.3. The summed E-state index contributed by atoms with van der Waals surface area (Å²) in [5.74, 6) is -9.66. The molecule has 0 radical (unpaired) electrons. The van der Waals surface area contributed by atoms with Crippen molar-refractivity contribution in [1.82, 2.24) is 4.98 Å². The molecule has 0 bridgehead atoms. The molecule has 0 atom stereocenters. The molecule has 1 aromatic heterocycles. The van der Waals surface area contributed by atoms with E-state index in [9.17, 15) is 22.4 Å². The SMILES string of the molecule is CCc1ccc2oc(-c3ccc(C)c(NC(=O)c4c(F)c(F)c(OC)c(F)c4F)c3)nc2c1. The second-order valence-corrected chi connectivity index (χ2v) is 7.32. The van der Waals surface area contributed by atoms with E-state index in [1.807, 2.05) is 19.1 Å². The highest BCUT2D eigenvalue weighted by atomic mass is 19.2. The molecule has 1 heterocycles. The summed E-state index contributed by atoms with van der Waals surface area (Å²) in [4.78, 5) is 17.0. The van der Waals surface area contributed by atoms with Gasteiger partial charge in [-0.15, -0.1) is 0 Å². The van der Waals surface area contributed by atoms with Crippen LogP contribution >= 0.6 is 0 Å². The summed E-state index contributed by atoms with van der Waals surface area (Å²) in [5, 5.41) is 2.30. The highest BCUT2D eigenvalue weighted by Gasteiger charge is 2.30. The van der Waals surface area contributed by atoms with E-state index in [4.69, 9.17) is 4.42 Å². The van der Waals surface area contributed by atoms with Crippen molar-refractivity contribution in [3.63, 3.8) is 0 Å². The lowest BCUT2D eigenvalue weighted by molar-refractivity contribution is 0.101. The second kappa shape index (κ2) is 8.57. The van der Waals surface area contributed by atoms with Crippen LogP contribution in [-0.4, -0.2) is 18.0 Å². The Morgan fingerprint density at radius 2 is 1.73 bits per heavy atom. The Balaban J connectivity index is 1.71. The zero-order valence-electron chi connectivity index (χ0n) is 17.9. The monoisotopic (exact) mass is 458 g/mol. The topological polar surface area (TPSA) is 64.4 Å². The number of rotatable bonds is 5. The van der Waals surface area contributed by atoms with Crippen molar-refractivity contribution in [3.05, 3.63) is 76.4 Å². The fourth-order valence-corrected chi connectivity index (χ4v) is 3.38. The summed E-state index contributed by atoms with van der Waals surface area (Å²) in [7, 11) is 0.851. The lowest BCUT2D eigenvalue weighted by atomic mass is 10.1. The number of hydrogen-bond donors (Lipinski definition) is 1. The highest BCUT2D eigenvalue weighted by Crippen LogP contribution is 2.32. The molecule has 0 spiro atoms. The molecular weight excluding hydrogens is 440 g/mol. The molecule has 0 saturated heterocycles. The van der Waals surface area contributed by atoms with Gasteiger partial charge >= 0.3 is 0 Å². The van der Waals surface area contributed by atoms with Crippen molar-refractivity contribution in [1.29, 1.82) is 0 Å². The van der Waals surface area contributed by atoms with E-state index >= 15 is 0 Å². The van der Waals surface area contributed by atoms with Crippen LogP contribution < -0.4 is 10.1 Å².